The van der Waals surface area contributed by atoms with Crippen LogP contribution < -0.4 is 10.6 Å². The minimum atomic E-state index is -3.93. The molecule has 0 bridgehead atoms. The lowest BCUT2D eigenvalue weighted by Crippen LogP contribution is -2.33. The van der Waals surface area contributed by atoms with Crippen LogP contribution in [0.4, 0.5) is 5.69 Å². The molecule has 1 saturated heterocycles. The van der Waals surface area contributed by atoms with Crippen LogP contribution in [0.25, 0.3) is 0 Å². The molecule has 0 spiro atoms. The predicted molar refractivity (Wildman–Crippen MR) is 98.9 cm³/mol. The first kappa shape index (κ1) is 18.7. The van der Waals surface area contributed by atoms with Crippen molar-refractivity contribution in [2.75, 3.05) is 31.7 Å². The number of fused-ring (bicyclic) bond motifs is 2. The summed E-state index contributed by atoms with van der Waals surface area (Å²) in [6.07, 6.45) is 1.87. The van der Waals surface area contributed by atoms with Gasteiger partial charge in [-0.2, -0.15) is 0 Å². The molecule has 1 atom stereocenters. The summed E-state index contributed by atoms with van der Waals surface area (Å²) in [6.45, 7) is 2.01. The molecule has 1 unspecified atom stereocenters. The number of amides is 2. The van der Waals surface area contributed by atoms with E-state index in [4.69, 9.17) is 9.47 Å². The number of hydrogen-bond donors (Lipinski definition) is 2. The van der Waals surface area contributed by atoms with Gasteiger partial charge in [-0.05, 0) is 36.8 Å². The molecule has 0 radical (unpaired) electrons. The molecule has 2 amide bonds. The van der Waals surface area contributed by atoms with Gasteiger partial charge in [0.15, 0.2) is 0 Å². The number of benzene rings is 1. The minimum Gasteiger partial charge on any atom is -0.376 e. The number of aromatic nitrogens is 1. The quantitative estimate of drug-likeness (QED) is 0.778. The summed E-state index contributed by atoms with van der Waals surface area (Å²) in [4.78, 5) is 24.7. The lowest BCUT2D eigenvalue weighted by atomic mass is 10.1. The second-order valence-electron chi connectivity index (χ2n) is 6.47. The first-order valence-corrected chi connectivity index (χ1v) is 10.3. The van der Waals surface area contributed by atoms with Gasteiger partial charge in [-0.15, -0.1) is 0 Å². The van der Waals surface area contributed by atoms with E-state index in [1.54, 1.807) is 0 Å². The van der Waals surface area contributed by atoms with Crippen LogP contribution in [0.3, 0.4) is 0 Å². The fourth-order valence-electron chi connectivity index (χ4n) is 3.19. The van der Waals surface area contributed by atoms with Gasteiger partial charge in [-0.25, -0.2) is 12.4 Å². The van der Waals surface area contributed by atoms with Crippen LogP contribution in [-0.2, 0) is 19.5 Å². The standard InChI is InChI=1S/C18H19N3O6S/c22-17(19-6-5-13-11-26-8-9-27-13)12-3-4-16-14(10-12)20-18(23)15-2-1-7-21(15)28(16,24)25/h1-4,7,10,13H,5-6,8-9,11H2,(H,19,22)(H,20,23). The highest BCUT2D eigenvalue weighted by atomic mass is 32.2. The van der Waals surface area contributed by atoms with Crippen molar-refractivity contribution in [2.24, 2.45) is 0 Å². The maximum atomic E-state index is 12.8. The number of rotatable bonds is 4. The second kappa shape index (κ2) is 7.38. The Morgan fingerprint density at radius 2 is 2.14 bits per heavy atom. The molecule has 28 heavy (non-hydrogen) atoms. The zero-order valence-corrected chi connectivity index (χ0v) is 15.7. The van der Waals surface area contributed by atoms with Crippen molar-refractivity contribution in [3.63, 3.8) is 0 Å². The second-order valence-corrected chi connectivity index (χ2v) is 8.25. The highest BCUT2D eigenvalue weighted by Crippen LogP contribution is 2.29. The first-order valence-electron chi connectivity index (χ1n) is 8.83. The minimum absolute atomic E-state index is 0.0110. The Balaban J connectivity index is 1.51. The highest BCUT2D eigenvalue weighted by molar-refractivity contribution is 7.90. The van der Waals surface area contributed by atoms with Crippen LogP contribution >= 0.6 is 0 Å². The highest BCUT2D eigenvalue weighted by Gasteiger charge is 2.30. The monoisotopic (exact) mass is 405 g/mol. The molecule has 10 heteroatoms. The van der Waals surface area contributed by atoms with Crippen molar-refractivity contribution in [1.29, 1.82) is 0 Å². The third-order valence-electron chi connectivity index (χ3n) is 4.61. The maximum Gasteiger partial charge on any atom is 0.273 e. The molecule has 2 aliphatic heterocycles. The summed E-state index contributed by atoms with van der Waals surface area (Å²) in [5.74, 6) is -0.922. The number of nitrogens with zero attached hydrogens (tertiary/aromatic N) is 1. The molecular weight excluding hydrogens is 386 g/mol. The molecule has 0 aliphatic carbocycles. The molecule has 1 fully saturated rings. The first-order chi connectivity index (χ1) is 13.5. The van der Waals surface area contributed by atoms with E-state index in [2.05, 4.69) is 10.6 Å². The van der Waals surface area contributed by atoms with E-state index in [-0.39, 0.29) is 33.9 Å². The topological polar surface area (TPSA) is 116 Å². The van der Waals surface area contributed by atoms with Crippen LogP contribution in [-0.4, -0.2) is 56.7 Å². The van der Waals surface area contributed by atoms with Crippen molar-refractivity contribution < 1.29 is 27.5 Å². The number of carbonyl (C=O) groups is 2. The van der Waals surface area contributed by atoms with Crippen molar-refractivity contribution in [1.82, 2.24) is 9.29 Å². The van der Waals surface area contributed by atoms with Crippen LogP contribution in [0.15, 0.2) is 41.4 Å². The Labute approximate surface area is 161 Å². The Kier molecular flexibility index (Phi) is 4.92. The van der Waals surface area contributed by atoms with Gasteiger partial charge in [0.2, 0.25) is 0 Å². The Morgan fingerprint density at radius 1 is 1.29 bits per heavy atom. The van der Waals surface area contributed by atoms with Crippen molar-refractivity contribution in [3.8, 4) is 0 Å². The third-order valence-corrected chi connectivity index (χ3v) is 6.36. The van der Waals surface area contributed by atoms with E-state index in [0.29, 0.717) is 32.8 Å². The molecule has 9 nitrogen and oxygen atoms in total. The predicted octanol–water partition coefficient (Wildman–Crippen LogP) is 0.826. The molecule has 2 aliphatic rings. The summed E-state index contributed by atoms with van der Waals surface area (Å²) in [6, 6.07) is 7.02. The van der Waals surface area contributed by atoms with Crippen molar-refractivity contribution >= 4 is 27.5 Å². The normalized spacial score (nSPS) is 20.4. The largest absolute Gasteiger partial charge is 0.376 e. The van der Waals surface area contributed by atoms with Crippen LogP contribution in [0.5, 0.6) is 0 Å². The lowest BCUT2D eigenvalue weighted by Gasteiger charge is -2.22. The SMILES string of the molecule is O=C(NCCC1COCCO1)c1ccc2c(c1)NC(=O)c1cccn1S2(=O)=O. The van der Waals surface area contributed by atoms with Gasteiger partial charge < -0.3 is 20.1 Å². The summed E-state index contributed by atoms with van der Waals surface area (Å²) >= 11 is 0. The molecule has 4 rings (SSSR count). The molecule has 2 N–H and O–H groups in total. The van der Waals surface area contributed by atoms with E-state index in [1.807, 2.05) is 0 Å². The Hall–Kier alpha value is -2.69. The molecule has 148 valence electrons. The van der Waals surface area contributed by atoms with Crippen LogP contribution in [0, 0.1) is 0 Å². The average molecular weight is 405 g/mol. The number of nitrogens with one attached hydrogen (secondary N) is 2. The number of anilines is 1. The fourth-order valence-corrected chi connectivity index (χ4v) is 4.66. The zero-order chi connectivity index (χ0) is 19.7. The molecule has 1 aromatic heterocycles. The molecule has 0 saturated carbocycles. The van der Waals surface area contributed by atoms with E-state index in [1.165, 1.54) is 36.5 Å². The molecule has 3 heterocycles. The van der Waals surface area contributed by atoms with Gasteiger partial charge in [0.25, 0.3) is 21.8 Å². The van der Waals surface area contributed by atoms with Crippen LogP contribution in [0.2, 0.25) is 0 Å². The van der Waals surface area contributed by atoms with Crippen molar-refractivity contribution in [3.05, 3.63) is 47.8 Å². The molecule has 2 aromatic rings. The van der Waals surface area contributed by atoms with Crippen LogP contribution in [0.1, 0.15) is 27.3 Å². The lowest BCUT2D eigenvalue weighted by molar-refractivity contribution is -0.0899. The average Bonchev–Trinajstić information content (AvgIpc) is 3.17. The van der Waals surface area contributed by atoms with Gasteiger partial charge in [0, 0.05) is 18.3 Å². The van der Waals surface area contributed by atoms with Gasteiger partial charge in [0.05, 0.1) is 31.6 Å². The van der Waals surface area contributed by atoms with Gasteiger partial charge in [-0.3, -0.25) is 9.59 Å². The summed E-state index contributed by atoms with van der Waals surface area (Å²) < 4.78 is 37.4. The zero-order valence-electron chi connectivity index (χ0n) is 14.9. The van der Waals surface area contributed by atoms with Gasteiger partial charge >= 0.3 is 0 Å². The van der Waals surface area contributed by atoms with E-state index >= 15 is 0 Å². The summed E-state index contributed by atoms with van der Waals surface area (Å²) in [7, 11) is -3.93. The maximum absolute atomic E-state index is 12.8. The van der Waals surface area contributed by atoms with Crippen molar-refractivity contribution in [2.45, 2.75) is 17.4 Å². The Morgan fingerprint density at radius 3 is 2.93 bits per heavy atom. The third kappa shape index (κ3) is 3.41. The number of hydrogen-bond acceptors (Lipinski definition) is 6. The van der Waals surface area contributed by atoms with E-state index < -0.39 is 15.9 Å². The summed E-state index contributed by atoms with van der Waals surface area (Å²) in [5, 5.41) is 5.34. The Bertz CT molecular complexity index is 1020. The molecule has 1 aromatic carbocycles. The van der Waals surface area contributed by atoms with E-state index in [9.17, 15) is 18.0 Å². The smallest absolute Gasteiger partial charge is 0.273 e. The number of ether oxygens (including phenoxy) is 2. The van der Waals surface area contributed by atoms with E-state index in [0.717, 1.165) is 3.97 Å². The van der Waals surface area contributed by atoms with Gasteiger partial charge in [0.1, 0.15) is 10.6 Å². The molecular formula is C18H19N3O6S. The number of carbonyl (C=O) groups excluding carboxylic acids is 2. The van der Waals surface area contributed by atoms with Gasteiger partial charge in [-0.1, -0.05) is 0 Å². The summed E-state index contributed by atoms with van der Waals surface area (Å²) in [5.41, 5.74) is 0.337. The fraction of sp³-hybridized carbons (Fsp3) is 0.333.